The zero-order valence-electron chi connectivity index (χ0n) is 18.7. The minimum Gasteiger partial charge on any atom is -0.496 e. The standard InChI is InChI=1S/C23H22F3N5O3/c1-9-4-7-13(34-3)10(2)17(9)31-18-14-12(8-30(22(14)33)11-5-6-11)29-19(23(24,25)26)15(18)16(20(31)27)21(28)32/h4,7,11H,5-6,8,27H2,1-3H3,(H2,28,32). The van der Waals surface area contributed by atoms with E-state index in [9.17, 15) is 22.8 Å². The highest BCUT2D eigenvalue weighted by molar-refractivity contribution is 6.18. The molecule has 2 aromatic heterocycles. The lowest BCUT2D eigenvalue weighted by atomic mass is 10.0. The summed E-state index contributed by atoms with van der Waals surface area (Å²) in [6.45, 7) is 3.44. The van der Waals surface area contributed by atoms with Gasteiger partial charge in [0.1, 0.15) is 11.6 Å². The molecule has 1 aromatic carbocycles. The minimum absolute atomic E-state index is 0.00435. The van der Waals surface area contributed by atoms with Crippen LogP contribution in [0.15, 0.2) is 12.1 Å². The van der Waals surface area contributed by atoms with Gasteiger partial charge in [0.2, 0.25) is 0 Å². The number of nitrogen functional groups attached to an aromatic ring is 1. The van der Waals surface area contributed by atoms with Gasteiger partial charge >= 0.3 is 6.18 Å². The number of carbonyl (C=O) groups excluding carboxylic acids is 2. The number of aryl methyl sites for hydroxylation is 1. The third-order valence-corrected chi connectivity index (χ3v) is 6.54. The number of nitrogens with two attached hydrogens (primary N) is 2. The molecule has 1 aliphatic carbocycles. The summed E-state index contributed by atoms with van der Waals surface area (Å²) in [5, 5.41) is -0.566. The number of primary amides is 1. The molecule has 11 heteroatoms. The van der Waals surface area contributed by atoms with E-state index in [2.05, 4.69) is 4.98 Å². The van der Waals surface area contributed by atoms with Crippen LogP contribution >= 0.6 is 0 Å². The van der Waals surface area contributed by atoms with Crippen molar-refractivity contribution in [2.45, 2.75) is 45.5 Å². The lowest BCUT2D eigenvalue weighted by Gasteiger charge is -2.18. The maximum Gasteiger partial charge on any atom is 0.434 e. The molecule has 0 bridgehead atoms. The second-order valence-electron chi connectivity index (χ2n) is 8.69. The van der Waals surface area contributed by atoms with Gasteiger partial charge in [0.15, 0.2) is 5.69 Å². The van der Waals surface area contributed by atoms with Crippen LogP contribution in [0.3, 0.4) is 0 Å². The number of hydrogen-bond donors (Lipinski definition) is 2. The minimum atomic E-state index is -4.91. The average molecular weight is 473 g/mol. The van der Waals surface area contributed by atoms with E-state index in [0.717, 1.165) is 12.8 Å². The van der Waals surface area contributed by atoms with Crippen LogP contribution in [-0.4, -0.2) is 39.4 Å². The van der Waals surface area contributed by atoms with Crippen molar-refractivity contribution in [3.05, 3.63) is 45.8 Å². The smallest absolute Gasteiger partial charge is 0.434 e. The number of aromatic nitrogens is 2. The summed E-state index contributed by atoms with van der Waals surface area (Å²) in [5.41, 5.74) is 11.6. The first-order valence-electron chi connectivity index (χ1n) is 10.7. The second-order valence-corrected chi connectivity index (χ2v) is 8.69. The van der Waals surface area contributed by atoms with E-state index >= 15 is 0 Å². The van der Waals surface area contributed by atoms with Crippen molar-refractivity contribution in [2.24, 2.45) is 5.73 Å². The molecule has 34 heavy (non-hydrogen) atoms. The second kappa shape index (κ2) is 7.12. The van der Waals surface area contributed by atoms with Gasteiger partial charge in [-0.15, -0.1) is 0 Å². The van der Waals surface area contributed by atoms with E-state index in [1.54, 1.807) is 26.0 Å². The zero-order chi connectivity index (χ0) is 24.7. The van der Waals surface area contributed by atoms with E-state index < -0.39 is 34.6 Å². The molecule has 8 nitrogen and oxygen atoms in total. The molecular weight excluding hydrogens is 451 g/mol. The van der Waals surface area contributed by atoms with Gasteiger partial charge in [-0.3, -0.25) is 14.2 Å². The normalized spacial score (nSPS) is 15.8. The predicted octanol–water partition coefficient (Wildman–Crippen LogP) is 3.47. The first kappa shape index (κ1) is 22.1. The lowest BCUT2D eigenvalue weighted by Crippen LogP contribution is -2.26. The van der Waals surface area contributed by atoms with Crippen LogP contribution < -0.4 is 16.2 Å². The fourth-order valence-electron chi connectivity index (χ4n) is 4.91. The Morgan fingerprint density at radius 3 is 2.47 bits per heavy atom. The number of methoxy groups -OCH3 is 1. The molecule has 0 radical (unpaired) electrons. The molecule has 1 aliphatic heterocycles. The third kappa shape index (κ3) is 2.95. The number of ether oxygens (including phenoxy) is 1. The Hall–Kier alpha value is -3.76. The van der Waals surface area contributed by atoms with Gasteiger partial charge in [-0.1, -0.05) is 6.07 Å². The number of amides is 2. The Morgan fingerprint density at radius 2 is 1.91 bits per heavy atom. The highest BCUT2D eigenvalue weighted by Crippen LogP contribution is 2.46. The van der Waals surface area contributed by atoms with Crippen molar-refractivity contribution in [2.75, 3.05) is 12.8 Å². The first-order valence-corrected chi connectivity index (χ1v) is 10.7. The van der Waals surface area contributed by atoms with Crippen LogP contribution in [0, 0.1) is 13.8 Å². The van der Waals surface area contributed by atoms with Crippen molar-refractivity contribution in [1.29, 1.82) is 0 Å². The van der Waals surface area contributed by atoms with Gasteiger partial charge in [-0.2, -0.15) is 13.2 Å². The molecule has 3 aromatic rings. The number of carbonyl (C=O) groups is 2. The number of anilines is 1. The maximum atomic E-state index is 14.2. The number of rotatable bonds is 4. The van der Waals surface area contributed by atoms with E-state index in [0.29, 0.717) is 22.6 Å². The predicted molar refractivity (Wildman–Crippen MR) is 118 cm³/mol. The van der Waals surface area contributed by atoms with Crippen LogP contribution in [0.5, 0.6) is 5.75 Å². The number of hydrogen-bond acceptors (Lipinski definition) is 5. The summed E-state index contributed by atoms with van der Waals surface area (Å²) in [7, 11) is 1.47. The summed E-state index contributed by atoms with van der Waals surface area (Å²) in [6.07, 6.45) is -3.36. The molecule has 178 valence electrons. The largest absolute Gasteiger partial charge is 0.496 e. The van der Waals surface area contributed by atoms with Crippen molar-refractivity contribution in [3.8, 4) is 11.4 Å². The monoisotopic (exact) mass is 473 g/mol. The van der Waals surface area contributed by atoms with Crippen LogP contribution in [0.1, 0.15) is 56.1 Å². The number of pyridine rings is 1. The molecule has 2 aliphatic rings. The number of nitrogens with zero attached hydrogens (tertiary/aromatic N) is 3. The lowest BCUT2D eigenvalue weighted by molar-refractivity contribution is -0.139. The Labute approximate surface area is 192 Å². The summed E-state index contributed by atoms with van der Waals surface area (Å²) in [6, 6.07) is 3.40. The molecule has 0 unspecified atom stereocenters. The van der Waals surface area contributed by atoms with Crippen LogP contribution in [0.2, 0.25) is 0 Å². The van der Waals surface area contributed by atoms with Crippen molar-refractivity contribution < 1.29 is 27.5 Å². The summed E-state index contributed by atoms with van der Waals surface area (Å²) >= 11 is 0. The molecule has 0 atom stereocenters. The van der Waals surface area contributed by atoms with Crippen molar-refractivity contribution >= 4 is 28.5 Å². The molecule has 0 spiro atoms. The van der Waals surface area contributed by atoms with Gasteiger partial charge in [0.25, 0.3) is 11.8 Å². The molecule has 3 heterocycles. The van der Waals surface area contributed by atoms with Gasteiger partial charge in [-0.25, -0.2) is 4.98 Å². The topological polar surface area (TPSA) is 116 Å². The van der Waals surface area contributed by atoms with Gasteiger partial charge < -0.3 is 21.1 Å². The molecule has 1 fully saturated rings. The Balaban J connectivity index is 2.00. The average Bonchev–Trinajstić information content (AvgIpc) is 3.47. The molecule has 0 saturated heterocycles. The van der Waals surface area contributed by atoms with E-state index in [1.165, 1.54) is 16.6 Å². The summed E-state index contributed by atoms with van der Waals surface area (Å²) < 4.78 is 49.4. The van der Waals surface area contributed by atoms with Gasteiger partial charge in [-0.05, 0) is 38.3 Å². The fourth-order valence-corrected chi connectivity index (χ4v) is 4.91. The first-order chi connectivity index (χ1) is 16.0. The SMILES string of the molecule is COc1ccc(C)c(-n2c(N)c(C(N)=O)c3c(C(F)(F)F)nc4c(c32)C(=O)N(C2CC2)C4)c1C. The quantitative estimate of drug-likeness (QED) is 0.602. The van der Waals surface area contributed by atoms with Crippen molar-refractivity contribution in [3.63, 3.8) is 0 Å². The van der Waals surface area contributed by atoms with E-state index in [-0.39, 0.29) is 35.2 Å². The number of alkyl halides is 3. The fraction of sp³-hybridized carbons (Fsp3) is 0.348. The Bertz CT molecular complexity index is 1410. The van der Waals surface area contributed by atoms with Gasteiger partial charge in [0.05, 0.1) is 41.7 Å². The Kier molecular flexibility index (Phi) is 4.62. The van der Waals surface area contributed by atoms with Crippen molar-refractivity contribution in [1.82, 2.24) is 14.5 Å². The summed E-state index contributed by atoms with van der Waals surface area (Å²) in [4.78, 5) is 31.2. The number of benzene rings is 1. The highest BCUT2D eigenvalue weighted by atomic mass is 19.4. The number of fused-ring (bicyclic) bond motifs is 3. The molecule has 2 amide bonds. The maximum absolute atomic E-state index is 14.2. The van der Waals surface area contributed by atoms with E-state index in [4.69, 9.17) is 16.2 Å². The zero-order valence-corrected chi connectivity index (χ0v) is 18.7. The Morgan fingerprint density at radius 1 is 1.24 bits per heavy atom. The summed E-state index contributed by atoms with van der Waals surface area (Å²) in [5.74, 6) is -1.40. The van der Waals surface area contributed by atoms with Crippen LogP contribution in [-0.2, 0) is 12.7 Å². The van der Waals surface area contributed by atoms with Crippen LogP contribution in [0.4, 0.5) is 19.0 Å². The molecule has 5 rings (SSSR count). The van der Waals surface area contributed by atoms with E-state index in [1.807, 2.05) is 0 Å². The molecular formula is C23H22F3N5O3. The highest BCUT2D eigenvalue weighted by Gasteiger charge is 2.46. The molecule has 1 saturated carbocycles. The molecule has 4 N–H and O–H groups in total. The number of halogens is 3. The third-order valence-electron chi connectivity index (χ3n) is 6.54. The van der Waals surface area contributed by atoms with Crippen LogP contribution in [0.25, 0.3) is 16.6 Å². The van der Waals surface area contributed by atoms with Gasteiger partial charge in [0, 0.05) is 17.0 Å².